The Balaban J connectivity index is 0.00000176. The summed E-state index contributed by atoms with van der Waals surface area (Å²) < 4.78 is 5.50. The summed E-state index contributed by atoms with van der Waals surface area (Å²) in [7, 11) is 0. The summed E-state index contributed by atoms with van der Waals surface area (Å²) in [5.74, 6) is 0.768. The van der Waals surface area contributed by atoms with Crippen LogP contribution >= 0.6 is 12.4 Å². The minimum Gasteiger partial charge on any atom is -0.395 e. The smallest absolute Gasteiger partial charge is 0.174 e. The zero-order valence-electron chi connectivity index (χ0n) is 12.3. The molecule has 0 aliphatic heterocycles. The molecule has 0 saturated heterocycles. The maximum Gasteiger partial charge on any atom is 0.174 e. The van der Waals surface area contributed by atoms with Gasteiger partial charge in [0.2, 0.25) is 0 Å². The first-order valence-corrected chi connectivity index (χ1v) is 6.99. The molecular formula is C17H19ClN2O2. The van der Waals surface area contributed by atoms with E-state index in [1.807, 2.05) is 30.3 Å². The number of aliphatic hydroxyl groups is 1. The lowest BCUT2D eigenvalue weighted by atomic mass is 10.0. The molecule has 3 aromatic rings. The second-order valence-electron chi connectivity index (χ2n) is 5.38. The molecule has 5 heteroatoms. The van der Waals surface area contributed by atoms with E-state index in [0.717, 1.165) is 27.8 Å². The number of fused-ring (bicyclic) bond motifs is 1. The highest BCUT2D eigenvalue weighted by molar-refractivity contribution is 5.92. The largest absolute Gasteiger partial charge is 0.395 e. The highest BCUT2D eigenvalue weighted by Crippen LogP contribution is 2.29. The maximum atomic E-state index is 9.07. The number of benzene rings is 2. The standard InChI is InChI=1S/C17H18N2O2.ClH/c1-11-2-5-13(6-3-11)17-15-9-12(8-14(18)10-20)4-7-16(15)19-21-17;/h2-7,9,14,20H,8,10,18H2,1H3;1H. The van der Waals surface area contributed by atoms with Crippen molar-refractivity contribution in [3.05, 3.63) is 53.6 Å². The lowest BCUT2D eigenvalue weighted by molar-refractivity contribution is 0.265. The number of rotatable bonds is 4. The van der Waals surface area contributed by atoms with Crippen LogP contribution in [0.25, 0.3) is 22.2 Å². The summed E-state index contributed by atoms with van der Waals surface area (Å²) in [4.78, 5) is 0. The second-order valence-corrected chi connectivity index (χ2v) is 5.38. The van der Waals surface area contributed by atoms with Gasteiger partial charge in [-0.15, -0.1) is 12.4 Å². The maximum absolute atomic E-state index is 9.07. The first-order valence-electron chi connectivity index (χ1n) is 6.99. The number of nitrogens with zero attached hydrogens (tertiary/aromatic N) is 1. The number of halogens is 1. The first-order chi connectivity index (χ1) is 10.2. The third kappa shape index (κ3) is 3.30. The summed E-state index contributed by atoms with van der Waals surface area (Å²) in [6.45, 7) is 2.03. The number of aryl methyl sites for hydroxylation is 1. The number of nitrogens with two attached hydrogens (primary N) is 1. The third-order valence-corrected chi connectivity index (χ3v) is 3.59. The molecular weight excluding hydrogens is 300 g/mol. The van der Waals surface area contributed by atoms with E-state index in [2.05, 4.69) is 24.2 Å². The third-order valence-electron chi connectivity index (χ3n) is 3.59. The summed E-state index contributed by atoms with van der Waals surface area (Å²) in [6.07, 6.45) is 0.630. The van der Waals surface area contributed by atoms with Crippen molar-refractivity contribution >= 4 is 23.3 Å². The Morgan fingerprint density at radius 1 is 1.18 bits per heavy atom. The topological polar surface area (TPSA) is 72.3 Å². The van der Waals surface area contributed by atoms with Gasteiger partial charge in [0, 0.05) is 17.0 Å². The molecule has 1 aromatic heterocycles. The van der Waals surface area contributed by atoms with Crippen molar-refractivity contribution in [3.8, 4) is 11.3 Å². The van der Waals surface area contributed by atoms with Gasteiger partial charge in [0.1, 0.15) is 5.52 Å². The van der Waals surface area contributed by atoms with E-state index in [-0.39, 0.29) is 25.1 Å². The average molecular weight is 319 g/mol. The van der Waals surface area contributed by atoms with Crippen LogP contribution in [0.3, 0.4) is 0 Å². The minimum atomic E-state index is -0.245. The molecule has 0 fully saturated rings. The van der Waals surface area contributed by atoms with Gasteiger partial charge in [0.15, 0.2) is 5.76 Å². The Bertz CT molecular complexity index is 753. The Morgan fingerprint density at radius 2 is 1.91 bits per heavy atom. The van der Waals surface area contributed by atoms with Crippen LogP contribution in [-0.2, 0) is 6.42 Å². The van der Waals surface area contributed by atoms with Crippen molar-refractivity contribution in [2.75, 3.05) is 6.61 Å². The van der Waals surface area contributed by atoms with Crippen molar-refractivity contribution in [2.24, 2.45) is 5.73 Å². The highest BCUT2D eigenvalue weighted by atomic mass is 35.5. The fourth-order valence-electron chi connectivity index (χ4n) is 2.40. The van der Waals surface area contributed by atoms with E-state index in [4.69, 9.17) is 15.4 Å². The molecule has 0 aliphatic carbocycles. The molecule has 116 valence electrons. The molecule has 0 amide bonds. The molecule has 3 rings (SSSR count). The summed E-state index contributed by atoms with van der Waals surface area (Å²) in [5.41, 5.74) is 9.91. The Kier molecular flexibility index (Phi) is 5.19. The monoisotopic (exact) mass is 318 g/mol. The fraction of sp³-hybridized carbons (Fsp3) is 0.235. The van der Waals surface area contributed by atoms with Crippen molar-refractivity contribution in [1.82, 2.24) is 5.16 Å². The molecule has 0 radical (unpaired) electrons. The van der Waals surface area contributed by atoms with E-state index in [0.29, 0.717) is 6.42 Å². The van der Waals surface area contributed by atoms with E-state index in [9.17, 15) is 0 Å². The lowest BCUT2D eigenvalue weighted by Crippen LogP contribution is -2.26. The van der Waals surface area contributed by atoms with Crippen LogP contribution in [0.1, 0.15) is 11.1 Å². The van der Waals surface area contributed by atoms with Crippen molar-refractivity contribution < 1.29 is 9.63 Å². The van der Waals surface area contributed by atoms with Gasteiger partial charge in [0.25, 0.3) is 0 Å². The molecule has 0 bridgehead atoms. The molecule has 1 unspecified atom stereocenters. The van der Waals surface area contributed by atoms with Gasteiger partial charge >= 0.3 is 0 Å². The Hall–Kier alpha value is -1.88. The van der Waals surface area contributed by atoms with Gasteiger partial charge in [-0.05, 0) is 31.0 Å². The van der Waals surface area contributed by atoms with Crippen molar-refractivity contribution in [3.63, 3.8) is 0 Å². The summed E-state index contributed by atoms with van der Waals surface area (Å²) in [5, 5.41) is 14.1. The van der Waals surface area contributed by atoms with E-state index < -0.39 is 0 Å². The quantitative estimate of drug-likeness (QED) is 0.775. The first kappa shape index (κ1) is 16.5. The highest BCUT2D eigenvalue weighted by Gasteiger charge is 2.12. The van der Waals surface area contributed by atoms with E-state index in [1.54, 1.807) is 0 Å². The van der Waals surface area contributed by atoms with Crippen LogP contribution in [0, 0.1) is 6.92 Å². The van der Waals surface area contributed by atoms with Gasteiger partial charge in [-0.25, -0.2) is 0 Å². The molecule has 3 N–H and O–H groups in total. The van der Waals surface area contributed by atoms with Crippen LogP contribution in [0.5, 0.6) is 0 Å². The molecule has 1 heterocycles. The van der Waals surface area contributed by atoms with Crippen molar-refractivity contribution in [1.29, 1.82) is 0 Å². The average Bonchev–Trinajstić information content (AvgIpc) is 2.91. The second kappa shape index (κ2) is 6.92. The van der Waals surface area contributed by atoms with Gasteiger partial charge < -0.3 is 15.4 Å². The van der Waals surface area contributed by atoms with Gasteiger partial charge in [-0.2, -0.15) is 0 Å². The Morgan fingerprint density at radius 3 is 2.59 bits per heavy atom. The number of hydrogen-bond acceptors (Lipinski definition) is 4. The Labute approximate surface area is 135 Å². The SMILES string of the molecule is Cc1ccc(-c2onc3ccc(CC(N)CO)cc23)cc1.Cl. The predicted octanol–water partition coefficient (Wildman–Crippen LogP) is 3.09. The number of hydrogen-bond donors (Lipinski definition) is 2. The molecule has 0 spiro atoms. The van der Waals surface area contributed by atoms with Crippen LogP contribution in [0.4, 0.5) is 0 Å². The number of aromatic nitrogens is 1. The molecule has 2 aromatic carbocycles. The lowest BCUT2D eigenvalue weighted by Gasteiger charge is -2.07. The zero-order chi connectivity index (χ0) is 14.8. The van der Waals surface area contributed by atoms with E-state index in [1.165, 1.54) is 5.56 Å². The van der Waals surface area contributed by atoms with Gasteiger partial charge in [0.05, 0.1) is 6.61 Å². The van der Waals surface area contributed by atoms with Crippen LogP contribution in [-0.4, -0.2) is 22.9 Å². The summed E-state index contributed by atoms with van der Waals surface area (Å²) in [6, 6.07) is 13.9. The molecule has 0 saturated carbocycles. The normalized spacial score (nSPS) is 12.1. The van der Waals surface area contributed by atoms with Crippen LogP contribution in [0.15, 0.2) is 47.0 Å². The van der Waals surface area contributed by atoms with Crippen LogP contribution < -0.4 is 5.73 Å². The minimum absolute atomic E-state index is 0. The van der Waals surface area contributed by atoms with Crippen LogP contribution in [0.2, 0.25) is 0 Å². The molecule has 22 heavy (non-hydrogen) atoms. The number of aliphatic hydroxyl groups excluding tert-OH is 1. The summed E-state index contributed by atoms with van der Waals surface area (Å²) >= 11 is 0. The van der Waals surface area contributed by atoms with Gasteiger partial charge in [-0.1, -0.05) is 41.1 Å². The zero-order valence-corrected chi connectivity index (χ0v) is 13.1. The fourth-order valence-corrected chi connectivity index (χ4v) is 2.40. The van der Waals surface area contributed by atoms with E-state index >= 15 is 0 Å². The molecule has 4 nitrogen and oxygen atoms in total. The predicted molar refractivity (Wildman–Crippen MR) is 90.2 cm³/mol. The molecule has 1 atom stereocenters. The van der Waals surface area contributed by atoms with Crippen molar-refractivity contribution in [2.45, 2.75) is 19.4 Å². The van der Waals surface area contributed by atoms with Gasteiger partial charge in [-0.3, -0.25) is 0 Å². The molecule has 0 aliphatic rings.